The summed E-state index contributed by atoms with van der Waals surface area (Å²) in [5.74, 6) is 0.478. The Balaban J connectivity index is 2.39. The van der Waals surface area contributed by atoms with Crippen molar-refractivity contribution < 1.29 is 0 Å². The summed E-state index contributed by atoms with van der Waals surface area (Å²) < 4.78 is 0. The summed E-state index contributed by atoms with van der Waals surface area (Å²) in [5.41, 5.74) is 3.01. The van der Waals surface area contributed by atoms with E-state index in [2.05, 4.69) is 36.2 Å². The molecule has 1 N–H and O–H groups in total. The minimum Gasteiger partial charge on any atom is -0.268 e. The molecule has 19 heavy (non-hydrogen) atoms. The number of aromatic amines is 1. The fourth-order valence-electron chi connectivity index (χ4n) is 1.85. The summed E-state index contributed by atoms with van der Waals surface area (Å²) in [7, 11) is 0. The number of H-pyrrole nitrogens is 1. The van der Waals surface area contributed by atoms with Crippen molar-refractivity contribution in [3.63, 3.8) is 0 Å². The van der Waals surface area contributed by atoms with E-state index >= 15 is 0 Å². The molecule has 0 aliphatic carbocycles. The molecular weight excluding hydrogens is 238 g/mol. The molecule has 2 rings (SSSR count). The summed E-state index contributed by atoms with van der Waals surface area (Å²) in [6.45, 7) is 4.27. The Kier molecular flexibility index (Phi) is 3.76. The van der Waals surface area contributed by atoms with Gasteiger partial charge in [-0.3, -0.25) is 4.79 Å². The van der Waals surface area contributed by atoms with Crippen LogP contribution in [0.15, 0.2) is 35.1 Å². The molecule has 0 fully saturated rings. The van der Waals surface area contributed by atoms with Crippen LogP contribution in [-0.4, -0.2) is 10.2 Å². The Labute approximate surface area is 111 Å². The lowest BCUT2D eigenvalue weighted by Gasteiger charge is -2.06. The van der Waals surface area contributed by atoms with E-state index in [0.717, 1.165) is 5.56 Å². The first kappa shape index (κ1) is 13.0. The van der Waals surface area contributed by atoms with Gasteiger partial charge in [-0.1, -0.05) is 38.1 Å². The van der Waals surface area contributed by atoms with Gasteiger partial charge < -0.3 is 0 Å². The molecule has 0 saturated heterocycles. The molecule has 0 bridgehead atoms. The number of benzene rings is 1. The lowest BCUT2D eigenvalue weighted by Crippen LogP contribution is -2.14. The Hall–Kier alpha value is -2.41. The highest BCUT2D eigenvalue weighted by Gasteiger charge is 2.06. The topological polar surface area (TPSA) is 69.5 Å². The highest BCUT2D eigenvalue weighted by Crippen LogP contribution is 2.20. The van der Waals surface area contributed by atoms with E-state index in [0.29, 0.717) is 17.2 Å². The first-order valence-corrected chi connectivity index (χ1v) is 6.17. The molecule has 0 atom stereocenters. The van der Waals surface area contributed by atoms with E-state index in [1.807, 2.05) is 18.2 Å². The van der Waals surface area contributed by atoms with E-state index in [1.54, 1.807) is 6.07 Å². The van der Waals surface area contributed by atoms with Gasteiger partial charge in [0.1, 0.15) is 0 Å². The van der Waals surface area contributed by atoms with Crippen molar-refractivity contribution in [2.24, 2.45) is 0 Å². The average Bonchev–Trinajstić information content (AvgIpc) is 2.41. The Morgan fingerprint density at radius 3 is 2.58 bits per heavy atom. The van der Waals surface area contributed by atoms with Gasteiger partial charge in [-0.2, -0.15) is 10.4 Å². The SMILES string of the molecule is CC(C)c1ccc(-c2cc(CC#N)c(=O)[nH]n2)cc1. The van der Waals surface area contributed by atoms with Gasteiger partial charge >= 0.3 is 0 Å². The second-order valence-electron chi connectivity index (χ2n) is 4.72. The summed E-state index contributed by atoms with van der Waals surface area (Å²) in [6, 6.07) is 11.7. The number of hydrogen-bond donors (Lipinski definition) is 1. The molecule has 4 heteroatoms. The van der Waals surface area contributed by atoms with Crippen molar-refractivity contribution in [3.05, 3.63) is 51.8 Å². The number of nitrogens with one attached hydrogen (secondary N) is 1. The molecule has 0 saturated carbocycles. The van der Waals surface area contributed by atoms with Crippen molar-refractivity contribution in [1.82, 2.24) is 10.2 Å². The molecule has 0 radical (unpaired) electrons. The average molecular weight is 253 g/mol. The van der Waals surface area contributed by atoms with Crippen molar-refractivity contribution in [2.45, 2.75) is 26.2 Å². The highest BCUT2D eigenvalue weighted by molar-refractivity contribution is 5.59. The third-order valence-corrected chi connectivity index (χ3v) is 3.02. The van der Waals surface area contributed by atoms with Crippen LogP contribution in [-0.2, 0) is 6.42 Å². The van der Waals surface area contributed by atoms with E-state index in [4.69, 9.17) is 5.26 Å². The van der Waals surface area contributed by atoms with Crippen LogP contribution in [0, 0.1) is 11.3 Å². The fraction of sp³-hybridized carbons (Fsp3) is 0.267. The first-order valence-electron chi connectivity index (χ1n) is 6.17. The Morgan fingerprint density at radius 1 is 1.32 bits per heavy atom. The fourth-order valence-corrected chi connectivity index (χ4v) is 1.85. The molecule has 0 amide bonds. The standard InChI is InChI=1S/C15H15N3O/c1-10(2)11-3-5-12(6-4-11)14-9-13(7-8-16)15(19)18-17-14/h3-6,9-10H,7H2,1-2H3,(H,18,19). The Morgan fingerprint density at radius 2 is 2.00 bits per heavy atom. The number of aromatic nitrogens is 2. The van der Waals surface area contributed by atoms with Crippen LogP contribution in [0.3, 0.4) is 0 Å². The van der Waals surface area contributed by atoms with Gasteiger partial charge in [0, 0.05) is 11.1 Å². The van der Waals surface area contributed by atoms with Gasteiger partial charge in [0.25, 0.3) is 5.56 Å². The maximum absolute atomic E-state index is 11.5. The van der Waals surface area contributed by atoms with Crippen LogP contribution in [0.1, 0.15) is 30.9 Å². The van der Waals surface area contributed by atoms with Crippen LogP contribution < -0.4 is 5.56 Å². The molecule has 2 aromatic rings. The second kappa shape index (κ2) is 5.49. The third-order valence-electron chi connectivity index (χ3n) is 3.02. The maximum Gasteiger partial charge on any atom is 0.268 e. The van der Waals surface area contributed by atoms with E-state index in [9.17, 15) is 4.79 Å². The van der Waals surface area contributed by atoms with E-state index < -0.39 is 0 Å². The third kappa shape index (κ3) is 2.89. The molecule has 1 aromatic carbocycles. The van der Waals surface area contributed by atoms with Crippen LogP contribution in [0.4, 0.5) is 0 Å². The molecule has 0 spiro atoms. The molecule has 1 aromatic heterocycles. The lowest BCUT2D eigenvalue weighted by atomic mass is 10.0. The van der Waals surface area contributed by atoms with Crippen molar-refractivity contribution in [1.29, 1.82) is 5.26 Å². The van der Waals surface area contributed by atoms with Gasteiger partial charge in [0.2, 0.25) is 0 Å². The number of hydrogen-bond acceptors (Lipinski definition) is 3. The second-order valence-corrected chi connectivity index (χ2v) is 4.72. The van der Waals surface area contributed by atoms with Crippen LogP contribution in [0.2, 0.25) is 0 Å². The molecule has 0 aliphatic rings. The normalized spacial score (nSPS) is 10.4. The molecule has 0 unspecified atom stereocenters. The van der Waals surface area contributed by atoms with E-state index in [1.165, 1.54) is 5.56 Å². The van der Waals surface area contributed by atoms with Gasteiger partial charge in [-0.05, 0) is 17.5 Å². The van der Waals surface area contributed by atoms with Gasteiger partial charge in [-0.15, -0.1) is 0 Å². The maximum atomic E-state index is 11.5. The van der Waals surface area contributed by atoms with Crippen LogP contribution in [0.5, 0.6) is 0 Å². The van der Waals surface area contributed by atoms with E-state index in [-0.39, 0.29) is 12.0 Å². The molecule has 0 aliphatic heterocycles. The minimum absolute atomic E-state index is 0.0922. The van der Waals surface area contributed by atoms with Gasteiger partial charge in [0.05, 0.1) is 18.2 Å². The molecule has 4 nitrogen and oxygen atoms in total. The van der Waals surface area contributed by atoms with Crippen LogP contribution >= 0.6 is 0 Å². The summed E-state index contributed by atoms with van der Waals surface area (Å²) in [6.07, 6.45) is 0.0922. The first-order chi connectivity index (χ1) is 9.11. The zero-order chi connectivity index (χ0) is 13.8. The zero-order valence-electron chi connectivity index (χ0n) is 11.0. The monoisotopic (exact) mass is 253 g/mol. The predicted molar refractivity (Wildman–Crippen MR) is 73.7 cm³/mol. The largest absolute Gasteiger partial charge is 0.268 e. The molecule has 1 heterocycles. The minimum atomic E-state index is -0.302. The predicted octanol–water partition coefficient (Wildman–Crippen LogP) is 2.63. The van der Waals surface area contributed by atoms with Crippen LogP contribution in [0.25, 0.3) is 11.3 Å². The number of rotatable bonds is 3. The summed E-state index contributed by atoms with van der Waals surface area (Å²) in [4.78, 5) is 11.5. The lowest BCUT2D eigenvalue weighted by molar-refractivity contribution is 0.866. The van der Waals surface area contributed by atoms with Crippen molar-refractivity contribution >= 4 is 0 Å². The molecule has 96 valence electrons. The smallest absolute Gasteiger partial charge is 0.268 e. The zero-order valence-corrected chi connectivity index (χ0v) is 11.0. The number of nitrogens with zero attached hydrogens (tertiary/aromatic N) is 2. The molecular formula is C15H15N3O. The summed E-state index contributed by atoms with van der Waals surface area (Å²) >= 11 is 0. The van der Waals surface area contributed by atoms with Crippen molar-refractivity contribution in [2.75, 3.05) is 0 Å². The van der Waals surface area contributed by atoms with Crippen molar-refractivity contribution in [3.8, 4) is 17.3 Å². The van der Waals surface area contributed by atoms with Gasteiger partial charge in [0.15, 0.2) is 0 Å². The summed E-state index contributed by atoms with van der Waals surface area (Å²) in [5, 5.41) is 15.1. The highest BCUT2D eigenvalue weighted by atomic mass is 16.1. The Bertz CT molecular complexity index is 663. The number of nitriles is 1. The van der Waals surface area contributed by atoms with Gasteiger partial charge in [-0.25, -0.2) is 5.10 Å². The quantitative estimate of drug-likeness (QED) is 0.914.